The number of H-pyrrole nitrogens is 1. The van der Waals surface area contributed by atoms with Crippen molar-refractivity contribution in [2.24, 2.45) is 0 Å². The van der Waals surface area contributed by atoms with Gasteiger partial charge in [-0.3, -0.25) is 18.9 Å². The van der Waals surface area contributed by atoms with Crippen molar-refractivity contribution in [2.75, 3.05) is 6.61 Å². The summed E-state index contributed by atoms with van der Waals surface area (Å²) in [6.45, 7) is -1.03. The van der Waals surface area contributed by atoms with Crippen LogP contribution >= 0.6 is 23.5 Å². The molecule has 2 fully saturated rings. The molecule has 3 rings (SSSR count). The van der Waals surface area contributed by atoms with Gasteiger partial charge in [-0.1, -0.05) is 0 Å². The Morgan fingerprint density at radius 3 is 2.21 bits per heavy atom. The van der Waals surface area contributed by atoms with E-state index in [1.54, 1.807) is 0 Å². The number of hydrogen-bond donors (Lipinski definition) is 7. The highest BCUT2D eigenvalue weighted by molar-refractivity contribution is 7.66. The number of aliphatic hydroxyl groups excluding tert-OH is 2. The Hall–Kier alpha value is -1.03. The number of phosphoric ester groups is 1. The van der Waals surface area contributed by atoms with Crippen LogP contribution in [0.5, 0.6) is 0 Å². The molecule has 2 heterocycles. The van der Waals surface area contributed by atoms with Gasteiger partial charge in [-0.25, -0.2) is 18.5 Å². The van der Waals surface area contributed by atoms with Crippen LogP contribution in [0.15, 0.2) is 15.8 Å². The van der Waals surface area contributed by atoms with Crippen LogP contribution in [0.3, 0.4) is 0 Å². The molecule has 0 amide bonds. The Labute approximate surface area is 184 Å². The average Bonchev–Trinajstić information content (AvgIpc) is 2.86. The molecule has 20 heteroatoms. The highest BCUT2D eigenvalue weighted by atomic mass is 31.3. The third kappa shape index (κ3) is 6.55. The maximum absolute atomic E-state index is 12.2. The smallest absolute Gasteiger partial charge is 0.387 e. The summed E-state index contributed by atoms with van der Waals surface area (Å²) in [7, 11) is -16.8. The summed E-state index contributed by atoms with van der Waals surface area (Å²) >= 11 is 0. The standard InChI is InChI=1S/C13H21N2O15P3/c16-9-8(5-27-32(23,24)30-33(25,26)29-31(20,21)22)28-11(10(9)17)7-4-15(6-2-1-3-6)13(19)14-12(7)18/h4,6,8-11,16-17H,1-3,5H2,(H,23,24)(H,25,26)(H,14,18,19)(H2,20,21,22)/t8-,9-,10-,11+/m1/s1. The molecule has 1 saturated carbocycles. The fraction of sp³-hybridized carbons (Fsp3) is 0.692. The van der Waals surface area contributed by atoms with Crippen molar-refractivity contribution in [2.45, 2.75) is 49.7 Å². The van der Waals surface area contributed by atoms with Crippen LogP contribution < -0.4 is 11.2 Å². The van der Waals surface area contributed by atoms with Gasteiger partial charge < -0.3 is 34.5 Å². The number of phosphoric acid groups is 3. The number of rotatable bonds is 9. The van der Waals surface area contributed by atoms with Gasteiger partial charge in [-0.2, -0.15) is 8.62 Å². The minimum absolute atomic E-state index is 0.155. The Bertz CT molecular complexity index is 1140. The SMILES string of the molecule is O=c1[nH]c(=O)n(C2CCC2)cc1[C@@H]1O[C@H](COP(=O)(O)OP(=O)(O)OP(=O)(O)O)[C@@H](O)[C@H]1O. The highest BCUT2D eigenvalue weighted by Gasteiger charge is 2.47. The van der Waals surface area contributed by atoms with Gasteiger partial charge in [0.15, 0.2) is 0 Å². The molecule has 1 saturated heterocycles. The van der Waals surface area contributed by atoms with Crippen molar-refractivity contribution in [3.05, 3.63) is 32.6 Å². The molecule has 0 aromatic carbocycles. The molecule has 1 aliphatic heterocycles. The molecule has 17 nitrogen and oxygen atoms in total. The summed E-state index contributed by atoms with van der Waals surface area (Å²) in [5, 5.41) is 20.5. The number of aromatic nitrogens is 2. The van der Waals surface area contributed by atoms with Gasteiger partial charge in [0.1, 0.15) is 24.4 Å². The van der Waals surface area contributed by atoms with Crippen LogP contribution in [-0.4, -0.2) is 64.3 Å². The van der Waals surface area contributed by atoms with Crippen LogP contribution in [0, 0.1) is 0 Å². The monoisotopic (exact) mass is 538 g/mol. The van der Waals surface area contributed by atoms with Crippen molar-refractivity contribution in [1.82, 2.24) is 9.55 Å². The van der Waals surface area contributed by atoms with Crippen molar-refractivity contribution >= 4 is 23.5 Å². The van der Waals surface area contributed by atoms with Gasteiger partial charge in [0.25, 0.3) is 5.56 Å². The molecule has 2 aliphatic rings. The first-order valence-corrected chi connectivity index (χ1v) is 13.8. The summed E-state index contributed by atoms with van der Waals surface area (Å²) in [6.07, 6.45) is -3.05. The van der Waals surface area contributed by atoms with Gasteiger partial charge in [-0.05, 0) is 19.3 Å². The van der Waals surface area contributed by atoms with E-state index in [0.29, 0.717) is 12.8 Å². The summed E-state index contributed by atoms with van der Waals surface area (Å²) in [5.74, 6) is 0. The topological polar surface area (TPSA) is 264 Å². The molecule has 0 radical (unpaired) electrons. The zero-order chi connectivity index (χ0) is 24.8. The number of nitrogens with zero attached hydrogens (tertiary/aromatic N) is 1. The molecule has 1 aromatic rings. The fourth-order valence-corrected chi connectivity index (χ4v) is 6.28. The quantitative estimate of drug-likeness (QED) is 0.181. The molecule has 7 N–H and O–H groups in total. The Balaban J connectivity index is 1.71. The summed E-state index contributed by atoms with van der Waals surface area (Å²) < 4.78 is 51.9. The van der Waals surface area contributed by atoms with Crippen molar-refractivity contribution < 1.29 is 61.4 Å². The molecule has 2 unspecified atom stereocenters. The molecular formula is C13H21N2O15P3. The number of ether oxygens (including phenoxy) is 1. The lowest BCUT2D eigenvalue weighted by atomic mass is 9.92. The lowest BCUT2D eigenvalue weighted by Gasteiger charge is -2.28. The van der Waals surface area contributed by atoms with Gasteiger partial charge in [0.2, 0.25) is 0 Å². The third-order valence-electron chi connectivity index (χ3n) is 4.95. The second kappa shape index (κ2) is 9.55. The van der Waals surface area contributed by atoms with E-state index in [-0.39, 0.29) is 11.6 Å². The average molecular weight is 538 g/mol. The Kier molecular flexibility index (Phi) is 7.69. The van der Waals surface area contributed by atoms with Gasteiger partial charge in [0.05, 0.1) is 12.2 Å². The first-order valence-electron chi connectivity index (χ1n) is 9.24. The molecule has 6 atom stereocenters. The van der Waals surface area contributed by atoms with E-state index in [9.17, 15) is 38.4 Å². The number of aromatic amines is 1. The van der Waals surface area contributed by atoms with Crippen LogP contribution in [0.2, 0.25) is 0 Å². The molecule has 1 aliphatic carbocycles. The fourth-order valence-electron chi connectivity index (χ4n) is 3.25. The molecule has 188 valence electrons. The zero-order valence-electron chi connectivity index (χ0n) is 16.4. The van der Waals surface area contributed by atoms with Crippen molar-refractivity contribution in [3.63, 3.8) is 0 Å². The Morgan fingerprint density at radius 1 is 1.03 bits per heavy atom. The van der Waals surface area contributed by atoms with E-state index in [2.05, 4.69) is 18.1 Å². The number of nitrogens with one attached hydrogen (secondary N) is 1. The second-order valence-corrected chi connectivity index (χ2v) is 11.7. The second-order valence-electron chi connectivity index (χ2n) is 7.30. The minimum atomic E-state index is -5.74. The maximum atomic E-state index is 12.2. The summed E-state index contributed by atoms with van der Waals surface area (Å²) in [5.41, 5.74) is -1.75. The van der Waals surface area contributed by atoms with Gasteiger partial charge in [0, 0.05) is 12.2 Å². The highest BCUT2D eigenvalue weighted by Crippen LogP contribution is 2.66. The van der Waals surface area contributed by atoms with E-state index in [1.807, 2.05) is 0 Å². The van der Waals surface area contributed by atoms with Gasteiger partial charge in [-0.15, -0.1) is 0 Å². The van der Waals surface area contributed by atoms with Crippen LogP contribution in [0.4, 0.5) is 0 Å². The minimum Gasteiger partial charge on any atom is -0.387 e. The van der Waals surface area contributed by atoms with Crippen LogP contribution in [0.25, 0.3) is 0 Å². The maximum Gasteiger partial charge on any atom is 0.490 e. The number of hydrogen-bond acceptors (Lipinski definition) is 11. The zero-order valence-corrected chi connectivity index (χ0v) is 19.1. The third-order valence-corrected chi connectivity index (χ3v) is 8.75. The van der Waals surface area contributed by atoms with Crippen LogP contribution in [-0.2, 0) is 31.6 Å². The van der Waals surface area contributed by atoms with E-state index in [1.165, 1.54) is 10.8 Å². The lowest BCUT2D eigenvalue weighted by Crippen LogP contribution is -2.38. The lowest BCUT2D eigenvalue weighted by molar-refractivity contribution is -0.0229. The molecule has 0 spiro atoms. The van der Waals surface area contributed by atoms with Crippen molar-refractivity contribution in [1.29, 1.82) is 0 Å². The Morgan fingerprint density at radius 2 is 1.67 bits per heavy atom. The predicted octanol–water partition coefficient (Wildman–Crippen LogP) is -1.23. The van der Waals surface area contributed by atoms with E-state index < -0.39 is 65.7 Å². The first-order chi connectivity index (χ1) is 15.1. The van der Waals surface area contributed by atoms with E-state index in [4.69, 9.17) is 19.4 Å². The molecule has 1 aromatic heterocycles. The van der Waals surface area contributed by atoms with E-state index in [0.717, 1.165) is 6.42 Å². The summed E-state index contributed by atoms with van der Waals surface area (Å²) in [6, 6.07) is -0.155. The normalized spacial score (nSPS) is 29.9. The molecule has 33 heavy (non-hydrogen) atoms. The first kappa shape index (κ1) is 26.6. The number of aliphatic hydroxyl groups is 2. The predicted molar refractivity (Wildman–Crippen MR) is 104 cm³/mol. The van der Waals surface area contributed by atoms with Gasteiger partial charge >= 0.3 is 29.2 Å². The van der Waals surface area contributed by atoms with E-state index >= 15 is 0 Å². The summed E-state index contributed by atoms with van der Waals surface area (Å²) in [4.78, 5) is 62.0. The molecular weight excluding hydrogens is 517 g/mol. The van der Waals surface area contributed by atoms with Crippen molar-refractivity contribution in [3.8, 4) is 0 Å². The molecule has 0 bridgehead atoms. The van der Waals surface area contributed by atoms with Crippen LogP contribution in [0.1, 0.15) is 37.0 Å². The largest absolute Gasteiger partial charge is 0.490 e.